The molecule has 0 spiro atoms. The Balaban J connectivity index is 2.95. The topological polar surface area (TPSA) is 98.9 Å². The van der Waals surface area contributed by atoms with Crippen LogP contribution in [0.5, 0.6) is 0 Å². The fraction of sp³-hybridized carbons (Fsp3) is 0.364. The second-order valence-electron chi connectivity index (χ2n) is 3.82. The van der Waals surface area contributed by atoms with Gasteiger partial charge in [0, 0.05) is 18.4 Å². The van der Waals surface area contributed by atoms with E-state index in [1.165, 1.54) is 24.5 Å². The van der Waals surface area contributed by atoms with Crippen molar-refractivity contribution >= 4 is 21.5 Å². The average molecular weight is 286 g/mol. The van der Waals surface area contributed by atoms with Crippen LogP contribution >= 0.6 is 0 Å². The first-order valence-electron chi connectivity index (χ1n) is 5.44. The van der Waals surface area contributed by atoms with Crippen molar-refractivity contribution in [1.82, 2.24) is 0 Å². The van der Waals surface area contributed by atoms with Gasteiger partial charge in [0.05, 0.1) is 27.0 Å². The van der Waals surface area contributed by atoms with Crippen LogP contribution in [0.1, 0.15) is 12.5 Å². The lowest BCUT2D eigenvalue weighted by atomic mass is 10.2. The van der Waals surface area contributed by atoms with E-state index in [9.17, 15) is 19.1 Å². The summed E-state index contributed by atoms with van der Waals surface area (Å²) in [7, 11) is -2.82. The number of nitro benzene ring substituents is 1. The largest absolute Gasteiger partial charge is 0.448 e. The third kappa shape index (κ3) is 5.04. The van der Waals surface area contributed by atoms with E-state index in [4.69, 9.17) is 0 Å². The molecule has 0 N–H and O–H groups in total. The highest BCUT2D eigenvalue weighted by molar-refractivity contribution is 7.92. The minimum atomic E-state index is -2.82. The number of carbonyl (C=O) groups is 1. The van der Waals surface area contributed by atoms with Crippen molar-refractivity contribution in [2.45, 2.75) is 12.7 Å². The van der Waals surface area contributed by atoms with Crippen LogP contribution in [0.3, 0.4) is 0 Å². The quantitative estimate of drug-likeness (QED) is 0.625. The van der Waals surface area contributed by atoms with Crippen LogP contribution in [0.2, 0.25) is 0 Å². The van der Waals surface area contributed by atoms with Crippen molar-refractivity contribution in [3.63, 3.8) is 0 Å². The molecule has 0 aliphatic heterocycles. The molecule has 104 valence electrons. The molecule has 0 bridgehead atoms. The number of carbonyl (C=O) groups excluding carboxylic acids is 1. The Labute approximate surface area is 110 Å². The van der Waals surface area contributed by atoms with Gasteiger partial charge in [-0.25, -0.2) is 9.00 Å². The molecule has 0 heterocycles. The Bertz CT molecular complexity index is 605. The zero-order valence-corrected chi connectivity index (χ0v) is 11.4. The van der Waals surface area contributed by atoms with Gasteiger partial charge in [-0.15, -0.1) is 4.36 Å². The molecule has 8 heteroatoms. The lowest BCUT2D eigenvalue weighted by Gasteiger charge is -2.04. The van der Waals surface area contributed by atoms with Gasteiger partial charge in [-0.05, 0) is 12.5 Å². The number of nitro groups is 1. The maximum Gasteiger partial charge on any atom is 0.441 e. The zero-order valence-electron chi connectivity index (χ0n) is 10.6. The van der Waals surface area contributed by atoms with Crippen LogP contribution in [-0.4, -0.2) is 28.1 Å². The minimum absolute atomic E-state index is 0.0481. The van der Waals surface area contributed by atoms with Gasteiger partial charge in [0.15, 0.2) is 0 Å². The van der Waals surface area contributed by atoms with Gasteiger partial charge in [-0.3, -0.25) is 10.1 Å². The minimum Gasteiger partial charge on any atom is -0.448 e. The predicted molar refractivity (Wildman–Crippen MR) is 70.3 cm³/mol. The van der Waals surface area contributed by atoms with Crippen LogP contribution in [0.15, 0.2) is 28.6 Å². The Morgan fingerprint density at radius 1 is 1.53 bits per heavy atom. The van der Waals surface area contributed by atoms with E-state index in [-0.39, 0.29) is 18.0 Å². The maximum atomic E-state index is 12.1. The molecule has 1 unspecified atom stereocenters. The third-order valence-electron chi connectivity index (χ3n) is 2.09. The number of benzene rings is 1. The van der Waals surface area contributed by atoms with E-state index in [0.29, 0.717) is 5.56 Å². The monoisotopic (exact) mass is 286 g/mol. The number of hydrogen-bond acceptors (Lipinski definition) is 5. The second kappa shape index (κ2) is 6.28. The smallest absolute Gasteiger partial charge is 0.441 e. The standard InChI is InChI=1S/C11H14N2O5S/c1-3-18-11(14)12-19(2,17)8-9-5-4-6-10(7-9)13(15)16/h4-7H,3,8H2,1-2H3. The van der Waals surface area contributed by atoms with Crippen molar-refractivity contribution in [2.24, 2.45) is 4.36 Å². The summed E-state index contributed by atoms with van der Waals surface area (Å²) in [6, 6.07) is 5.73. The summed E-state index contributed by atoms with van der Waals surface area (Å²) in [6.07, 6.45) is 0.420. The number of hydrogen-bond donors (Lipinski definition) is 0. The molecule has 0 saturated heterocycles. The first-order valence-corrected chi connectivity index (χ1v) is 7.53. The molecule has 1 aromatic rings. The van der Waals surface area contributed by atoms with Gasteiger partial charge in [-0.2, -0.15) is 0 Å². The van der Waals surface area contributed by atoms with Crippen molar-refractivity contribution in [2.75, 3.05) is 12.9 Å². The van der Waals surface area contributed by atoms with Crippen LogP contribution in [0.25, 0.3) is 0 Å². The van der Waals surface area contributed by atoms with Crippen LogP contribution in [0, 0.1) is 10.1 Å². The predicted octanol–water partition coefficient (Wildman–Crippen LogP) is 2.35. The molecule has 1 atom stereocenters. The van der Waals surface area contributed by atoms with Crippen LogP contribution in [-0.2, 0) is 20.2 Å². The zero-order chi connectivity index (χ0) is 14.5. The van der Waals surface area contributed by atoms with Gasteiger partial charge in [0.1, 0.15) is 0 Å². The first-order chi connectivity index (χ1) is 8.84. The normalized spacial score (nSPS) is 13.4. The van der Waals surface area contributed by atoms with Gasteiger partial charge in [-0.1, -0.05) is 12.1 Å². The Hall–Kier alpha value is -1.96. The number of ether oxygens (including phenoxy) is 1. The molecule has 0 saturated carbocycles. The number of amides is 1. The maximum absolute atomic E-state index is 12.1. The van der Waals surface area contributed by atoms with Gasteiger partial charge < -0.3 is 4.74 Å². The summed E-state index contributed by atoms with van der Waals surface area (Å²) in [6.45, 7) is 1.76. The van der Waals surface area contributed by atoms with Crippen molar-refractivity contribution < 1.29 is 18.7 Å². The van der Waals surface area contributed by atoms with Gasteiger partial charge in [0.25, 0.3) is 5.69 Å². The highest BCUT2D eigenvalue weighted by atomic mass is 32.2. The molecular formula is C11H14N2O5S. The van der Waals surface area contributed by atoms with E-state index in [0.717, 1.165) is 0 Å². The van der Waals surface area contributed by atoms with Crippen molar-refractivity contribution in [3.05, 3.63) is 39.9 Å². The number of non-ortho nitro benzene ring substituents is 1. The van der Waals surface area contributed by atoms with Crippen molar-refractivity contribution in [1.29, 1.82) is 0 Å². The van der Waals surface area contributed by atoms with Crippen LogP contribution in [0.4, 0.5) is 10.5 Å². The highest BCUT2D eigenvalue weighted by Gasteiger charge is 2.11. The van der Waals surface area contributed by atoms with Gasteiger partial charge >= 0.3 is 6.09 Å². The second-order valence-corrected chi connectivity index (χ2v) is 6.21. The lowest BCUT2D eigenvalue weighted by Crippen LogP contribution is -2.07. The average Bonchev–Trinajstić information content (AvgIpc) is 2.27. The van der Waals surface area contributed by atoms with E-state index in [1.54, 1.807) is 13.0 Å². The fourth-order valence-electron chi connectivity index (χ4n) is 1.41. The molecule has 0 radical (unpaired) electrons. The third-order valence-corrected chi connectivity index (χ3v) is 3.50. The fourth-order valence-corrected chi connectivity index (χ4v) is 2.64. The Morgan fingerprint density at radius 3 is 2.79 bits per heavy atom. The summed E-state index contributed by atoms with van der Waals surface area (Å²) >= 11 is 0. The molecule has 0 fully saturated rings. The summed E-state index contributed by atoms with van der Waals surface area (Å²) in [5.74, 6) is -0.0481. The Kier molecular flexibility index (Phi) is 4.99. The molecule has 19 heavy (non-hydrogen) atoms. The summed E-state index contributed by atoms with van der Waals surface area (Å²) < 4.78 is 20.1. The van der Waals surface area contributed by atoms with Crippen LogP contribution < -0.4 is 0 Å². The molecule has 1 aromatic carbocycles. The number of nitrogens with zero attached hydrogens (tertiary/aromatic N) is 2. The van der Waals surface area contributed by atoms with E-state index < -0.39 is 20.7 Å². The number of rotatable bonds is 4. The van der Waals surface area contributed by atoms with E-state index >= 15 is 0 Å². The first kappa shape index (κ1) is 15.1. The molecular weight excluding hydrogens is 272 g/mol. The highest BCUT2D eigenvalue weighted by Crippen LogP contribution is 2.15. The molecule has 1 amide bonds. The van der Waals surface area contributed by atoms with Crippen molar-refractivity contribution in [3.8, 4) is 0 Å². The van der Waals surface area contributed by atoms with E-state index in [2.05, 4.69) is 9.10 Å². The Morgan fingerprint density at radius 2 is 2.21 bits per heavy atom. The molecule has 1 rings (SSSR count). The molecule has 0 aliphatic carbocycles. The molecule has 0 aromatic heterocycles. The molecule has 7 nitrogen and oxygen atoms in total. The summed E-state index contributed by atoms with van der Waals surface area (Å²) in [5, 5.41) is 10.6. The van der Waals surface area contributed by atoms with E-state index in [1.807, 2.05) is 0 Å². The van der Waals surface area contributed by atoms with Gasteiger partial charge in [0.2, 0.25) is 0 Å². The molecule has 0 aliphatic rings. The summed E-state index contributed by atoms with van der Waals surface area (Å²) in [4.78, 5) is 21.2. The summed E-state index contributed by atoms with van der Waals surface area (Å²) in [5.41, 5.74) is 0.388. The SMILES string of the molecule is CCOC(=O)N=S(C)(=O)Cc1cccc([N+](=O)[O-])c1. The lowest BCUT2D eigenvalue weighted by molar-refractivity contribution is -0.384.